The lowest BCUT2D eigenvalue weighted by atomic mass is 9.90. The van der Waals surface area contributed by atoms with Crippen molar-refractivity contribution in [2.45, 2.75) is 25.4 Å². The van der Waals surface area contributed by atoms with Crippen LogP contribution >= 0.6 is 22.6 Å². The van der Waals surface area contributed by atoms with Crippen LogP contribution in [-0.4, -0.2) is 10.7 Å². The molecule has 0 saturated heterocycles. The maximum atomic E-state index is 13.9. The van der Waals surface area contributed by atoms with Gasteiger partial charge in [0, 0.05) is 9.13 Å². The monoisotopic (exact) mass is 337 g/mol. The first-order valence-electron chi connectivity index (χ1n) is 4.51. The fourth-order valence-corrected chi connectivity index (χ4v) is 1.85. The SMILES string of the molecule is CC(C)(O)C(F)(F)c1cccc(I)c1C#N. The van der Waals surface area contributed by atoms with E-state index >= 15 is 0 Å². The molecule has 1 rings (SSSR count). The summed E-state index contributed by atoms with van der Waals surface area (Å²) in [6.45, 7) is 2.04. The van der Waals surface area contributed by atoms with Crippen molar-refractivity contribution in [3.05, 3.63) is 32.9 Å². The van der Waals surface area contributed by atoms with E-state index in [9.17, 15) is 13.9 Å². The summed E-state index contributed by atoms with van der Waals surface area (Å²) >= 11 is 1.82. The first kappa shape index (κ1) is 13.3. The predicted octanol–water partition coefficient (Wildman–Crippen LogP) is 3.03. The van der Waals surface area contributed by atoms with Crippen molar-refractivity contribution in [1.29, 1.82) is 5.26 Å². The van der Waals surface area contributed by atoms with Gasteiger partial charge in [0.25, 0.3) is 0 Å². The molecule has 1 N–H and O–H groups in total. The molecule has 0 aliphatic rings. The van der Waals surface area contributed by atoms with Crippen molar-refractivity contribution in [1.82, 2.24) is 0 Å². The molecule has 0 aromatic heterocycles. The third-order valence-electron chi connectivity index (χ3n) is 2.23. The van der Waals surface area contributed by atoms with Gasteiger partial charge in [-0.15, -0.1) is 0 Å². The zero-order chi connectivity index (χ0) is 12.6. The summed E-state index contributed by atoms with van der Waals surface area (Å²) in [6, 6.07) is 5.92. The molecule has 16 heavy (non-hydrogen) atoms. The highest BCUT2D eigenvalue weighted by Gasteiger charge is 2.48. The van der Waals surface area contributed by atoms with Gasteiger partial charge in [0.05, 0.1) is 5.56 Å². The van der Waals surface area contributed by atoms with E-state index in [1.165, 1.54) is 12.1 Å². The van der Waals surface area contributed by atoms with E-state index in [0.29, 0.717) is 3.57 Å². The van der Waals surface area contributed by atoms with Gasteiger partial charge in [-0.3, -0.25) is 0 Å². The molecule has 0 bridgehead atoms. The molecule has 0 spiro atoms. The first-order valence-corrected chi connectivity index (χ1v) is 5.59. The Labute approximate surface area is 106 Å². The smallest absolute Gasteiger partial charge is 0.302 e. The molecule has 86 valence electrons. The Bertz CT molecular complexity index is 446. The second-order valence-corrected chi connectivity index (χ2v) is 5.07. The van der Waals surface area contributed by atoms with Crippen molar-refractivity contribution in [2.24, 2.45) is 0 Å². The molecule has 0 atom stereocenters. The van der Waals surface area contributed by atoms with Crippen molar-refractivity contribution >= 4 is 22.6 Å². The summed E-state index contributed by atoms with van der Waals surface area (Å²) in [6.07, 6.45) is 0. The van der Waals surface area contributed by atoms with Crippen molar-refractivity contribution in [3.63, 3.8) is 0 Å². The Morgan fingerprint density at radius 3 is 2.38 bits per heavy atom. The van der Waals surface area contributed by atoms with E-state index in [-0.39, 0.29) is 5.56 Å². The zero-order valence-electron chi connectivity index (χ0n) is 8.76. The van der Waals surface area contributed by atoms with Crippen LogP contribution in [0.1, 0.15) is 25.0 Å². The van der Waals surface area contributed by atoms with E-state index in [0.717, 1.165) is 13.8 Å². The predicted molar refractivity (Wildman–Crippen MR) is 64.1 cm³/mol. The van der Waals surface area contributed by atoms with Gasteiger partial charge in [0.1, 0.15) is 11.7 Å². The van der Waals surface area contributed by atoms with Crippen LogP contribution in [0, 0.1) is 14.9 Å². The van der Waals surface area contributed by atoms with Gasteiger partial charge < -0.3 is 5.11 Å². The molecule has 0 heterocycles. The Hall–Kier alpha value is -0.740. The molecule has 1 aromatic carbocycles. The minimum Gasteiger partial charge on any atom is -0.384 e. The number of nitriles is 1. The van der Waals surface area contributed by atoms with Crippen LogP contribution in [0.5, 0.6) is 0 Å². The zero-order valence-corrected chi connectivity index (χ0v) is 10.9. The molecule has 0 aliphatic carbocycles. The molecular formula is C11H10F2INO. The van der Waals surface area contributed by atoms with Gasteiger partial charge in [-0.05, 0) is 42.5 Å². The second kappa shape index (κ2) is 4.26. The average Bonchev–Trinajstić information content (AvgIpc) is 2.15. The van der Waals surface area contributed by atoms with Crippen molar-refractivity contribution in [3.8, 4) is 6.07 Å². The Kier molecular flexibility index (Phi) is 3.55. The second-order valence-electron chi connectivity index (χ2n) is 3.91. The first-order chi connectivity index (χ1) is 7.21. The largest absolute Gasteiger partial charge is 0.384 e. The number of rotatable bonds is 2. The molecular weight excluding hydrogens is 327 g/mol. The van der Waals surface area contributed by atoms with E-state index < -0.39 is 17.1 Å². The van der Waals surface area contributed by atoms with E-state index in [1.54, 1.807) is 12.1 Å². The summed E-state index contributed by atoms with van der Waals surface area (Å²) in [5.74, 6) is -3.46. The molecule has 0 saturated carbocycles. The molecule has 0 amide bonds. The summed E-state index contributed by atoms with van der Waals surface area (Å²) in [5, 5.41) is 18.3. The maximum absolute atomic E-state index is 13.9. The van der Waals surface area contributed by atoms with Gasteiger partial charge >= 0.3 is 5.92 Å². The minimum atomic E-state index is -3.46. The lowest BCUT2D eigenvalue weighted by Gasteiger charge is -2.30. The summed E-state index contributed by atoms with van der Waals surface area (Å²) < 4.78 is 28.2. The molecule has 0 radical (unpaired) electrons. The van der Waals surface area contributed by atoms with Crippen LogP contribution < -0.4 is 0 Å². The lowest BCUT2D eigenvalue weighted by Crippen LogP contribution is -2.40. The van der Waals surface area contributed by atoms with E-state index in [4.69, 9.17) is 5.26 Å². The van der Waals surface area contributed by atoms with Crippen LogP contribution in [0.25, 0.3) is 0 Å². The number of alkyl halides is 2. The fourth-order valence-electron chi connectivity index (χ4n) is 1.23. The maximum Gasteiger partial charge on any atom is 0.302 e. The minimum absolute atomic E-state index is 0.0878. The highest BCUT2D eigenvalue weighted by atomic mass is 127. The van der Waals surface area contributed by atoms with E-state index in [2.05, 4.69) is 0 Å². The van der Waals surface area contributed by atoms with Crippen LogP contribution in [0.4, 0.5) is 8.78 Å². The third-order valence-corrected chi connectivity index (χ3v) is 3.13. The molecule has 5 heteroatoms. The normalized spacial score (nSPS) is 12.3. The third kappa shape index (κ3) is 2.18. The van der Waals surface area contributed by atoms with Crippen LogP contribution in [-0.2, 0) is 5.92 Å². The molecule has 0 aliphatic heterocycles. The highest BCUT2D eigenvalue weighted by Crippen LogP contribution is 2.40. The molecule has 0 unspecified atom stereocenters. The Morgan fingerprint density at radius 1 is 1.38 bits per heavy atom. The molecule has 2 nitrogen and oxygen atoms in total. The number of nitrogens with zero attached hydrogens (tertiary/aromatic N) is 1. The quantitative estimate of drug-likeness (QED) is 0.843. The van der Waals surface area contributed by atoms with Crippen LogP contribution in [0.3, 0.4) is 0 Å². The standard InChI is InChI=1S/C11H10F2INO/c1-10(2,16)11(12,13)8-4-3-5-9(14)7(8)6-15/h3-5,16H,1-2H3. The molecule has 1 aromatic rings. The van der Waals surface area contributed by atoms with Gasteiger partial charge in [-0.25, -0.2) is 0 Å². The Morgan fingerprint density at radius 2 is 1.94 bits per heavy atom. The van der Waals surface area contributed by atoms with E-state index in [1.807, 2.05) is 22.6 Å². The van der Waals surface area contributed by atoms with Gasteiger partial charge in [-0.1, -0.05) is 12.1 Å². The van der Waals surface area contributed by atoms with Gasteiger partial charge in [0.2, 0.25) is 0 Å². The summed E-state index contributed by atoms with van der Waals surface area (Å²) in [7, 11) is 0. The fraction of sp³-hybridized carbons (Fsp3) is 0.364. The number of aliphatic hydroxyl groups is 1. The van der Waals surface area contributed by atoms with Crippen LogP contribution in [0.15, 0.2) is 18.2 Å². The topological polar surface area (TPSA) is 44.0 Å². The lowest BCUT2D eigenvalue weighted by molar-refractivity contribution is -0.168. The molecule has 0 fully saturated rings. The van der Waals surface area contributed by atoms with Gasteiger partial charge in [0.15, 0.2) is 0 Å². The number of benzene rings is 1. The Balaban J connectivity index is 3.46. The van der Waals surface area contributed by atoms with Crippen LogP contribution in [0.2, 0.25) is 0 Å². The summed E-state index contributed by atoms with van der Waals surface area (Å²) in [4.78, 5) is 0. The number of hydrogen-bond acceptors (Lipinski definition) is 2. The number of halogens is 3. The number of hydrogen-bond donors (Lipinski definition) is 1. The summed E-state index contributed by atoms with van der Waals surface area (Å²) in [5.41, 5.74) is -2.73. The van der Waals surface area contributed by atoms with Crippen molar-refractivity contribution < 1.29 is 13.9 Å². The van der Waals surface area contributed by atoms with Crippen molar-refractivity contribution in [2.75, 3.05) is 0 Å². The average molecular weight is 337 g/mol. The highest BCUT2D eigenvalue weighted by molar-refractivity contribution is 14.1. The van der Waals surface area contributed by atoms with Gasteiger partial charge in [-0.2, -0.15) is 14.0 Å².